The van der Waals surface area contributed by atoms with Gasteiger partial charge in [-0.3, -0.25) is 0 Å². The molecule has 0 aliphatic rings. The van der Waals surface area contributed by atoms with Gasteiger partial charge in [0.25, 0.3) is 0 Å². The maximum Gasteiger partial charge on any atom is 0.229 e. The lowest BCUT2D eigenvalue weighted by molar-refractivity contribution is 0.342. The molecule has 0 saturated heterocycles. The highest BCUT2D eigenvalue weighted by atomic mass is 32.1. The molecule has 2 rings (SSSR count). The number of benzene rings is 1. The minimum Gasteiger partial charge on any atom is -0.493 e. The van der Waals surface area contributed by atoms with Crippen molar-refractivity contribution in [1.29, 1.82) is 0 Å². The number of rotatable bonds is 5. The van der Waals surface area contributed by atoms with Gasteiger partial charge in [-0.1, -0.05) is 18.3 Å². The molecule has 2 aromatic rings. The van der Waals surface area contributed by atoms with Crippen LogP contribution in [-0.2, 0) is 0 Å². The van der Waals surface area contributed by atoms with Gasteiger partial charge in [0.1, 0.15) is 4.99 Å². The van der Waals surface area contributed by atoms with E-state index in [2.05, 4.69) is 4.98 Å². The Morgan fingerprint density at radius 3 is 2.30 bits per heavy atom. The predicted octanol–water partition coefficient (Wildman–Crippen LogP) is 2.53. The van der Waals surface area contributed by atoms with Crippen LogP contribution in [0.4, 0.5) is 0 Å². The number of ether oxygens (including phenoxy) is 3. The maximum atomic E-state index is 5.79. The summed E-state index contributed by atoms with van der Waals surface area (Å²) in [5, 5.41) is 0. The number of aromatic nitrogens is 1. The van der Waals surface area contributed by atoms with E-state index in [1.54, 1.807) is 50.7 Å². The summed E-state index contributed by atoms with van der Waals surface area (Å²) in [5.74, 6) is 1.80. The van der Waals surface area contributed by atoms with Gasteiger partial charge in [-0.15, -0.1) is 0 Å². The molecule has 6 heteroatoms. The quantitative estimate of drug-likeness (QED) is 0.854. The van der Waals surface area contributed by atoms with Crippen LogP contribution < -0.4 is 19.9 Å². The summed E-state index contributed by atoms with van der Waals surface area (Å²) >= 11 is 4.98. The molecule has 104 valence electrons. The fourth-order valence-electron chi connectivity index (χ4n) is 1.67. The van der Waals surface area contributed by atoms with Gasteiger partial charge in [-0.05, 0) is 24.3 Å². The Hall–Kier alpha value is -2.34. The molecule has 0 amide bonds. The zero-order valence-corrected chi connectivity index (χ0v) is 11.9. The van der Waals surface area contributed by atoms with Crippen LogP contribution in [0.5, 0.6) is 23.1 Å². The number of hydrogen-bond acceptors (Lipinski definition) is 5. The zero-order chi connectivity index (χ0) is 14.5. The third-order valence-corrected chi connectivity index (χ3v) is 2.84. The first-order chi connectivity index (χ1) is 9.67. The third-order valence-electron chi connectivity index (χ3n) is 2.62. The molecular formula is C14H14N2O3S. The molecule has 2 N–H and O–H groups in total. The van der Waals surface area contributed by atoms with E-state index in [4.69, 9.17) is 32.2 Å². The van der Waals surface area contributed by atoms with Crippen LogP contribution in [0.15, 0.2) is 36.5 Å². The Kier molecular flexibility index (Phi) is 4.37. The second-order valence-electron chi connectivity index (χ2n) is 3.81. The first kappa shape index (κ1) is 14.1. The molecule has 0 fully saturated rings. The van der Waals surface area contributed by atoms with Crippen LogP contribution in [0, 0.1) is 0 Å². The molecule has 1 aromatic carbocycles. The van der Waals surface area contributed by atoms with Gasteiger partial charge >= 0.3 is 0 Å². The van der Waals surface area contributed by atoms with Gasteiger partial charge in [0.05, 0.1) is 19.8 Å². The standard InChI is InChI=1S/C14H14N2O3S/c1-17-10-6-3-7-11(18-2)12(10)19-14-9(13(15)20)5-4-8-16-14/h3-8H,1-2H3,(H2,15,20). The fraction of sp³-hybridized carbons (Fsp3) is 0.143. The number of nitrogens with zero attached hydrogens (tertiary/aromatic N) is 1. The number of para-hydroxylation sites is 1. The Morgan fingerprint density at radius 1 is 1.10 bits per heavy atom. The molecule has 20 heavy (non-hydrogen) atoms. The number of thiocarbonyl (C=S) groups is 1. The van der Waals surface area contributed by atoms with Crippen molar-refractivity contribution < 1.29 is 14.2 Å². The molecule has 1 heterocycles. The monoisotopic (exact) mass is 290 g/mol. The molecule has 0 saturated carbocycles. The molecule has 0 unspecified atom stereocenters. The van der Waals surface area contributed by atoms with Crippen LogP contribution >= 0.6 is 12.2 Å². The normalized spacial score (nSPS) is 9.90. The summed E-state index contributed by atoms with van der Waals surface area (Å²) in [6.07, 6.45) is 1.60. The van der Waals surface area contributed by atoms with Crippen molar-refractivity contribution in [2.45, 2.75) is 0 Å². The Labute approximate surface area is 122 Å². The molecule has 0 atom stereocenters. The van der Waals surface area contributed by atoms with Crippen LogP contribution in [0.3, 0.4) is 0 Å². The number of methoxy groups -OCH3 is 2. The van der Waals surface area contributed by atoms with Crippen LogP contribution in [0.2, 0.25) is 0 Å². The van der Waals surface area contributed by atoms with Crippen LogP contribution in [-0.4, -0.2) is 24.2 Å². The van der Waals surface area contributed by atoms with Crippen LogP contribution in [0.25, 0.3) is 0 Å². The van der Waals surface area contributed by atoms with Crippen molar-refractivity contribution in [2.75, 3.05) is 14.2 Å². The summed E-state index contributed by atoms with van der Waals surface area (Å²) in [6, 6.07) is 8.81. The van der Waals surface area contributed by atoms with Gasteiger partial charge < -0.3 is 19.9 Å². The summed E-state index contributed by atoms with van der Waals surface area (Å²) in [6.45, 7) is 0. The van der Waals surface area contributed by atoms with E-state index < -0.39 is 0 Å². The van der Waals surface area contributed by atoms with Crippen molar-refractivity contribution in [1.82, 2.24) is 4.98 Å². The van der Waals surface area contributed by atoms with Crippen molar-refractivity contribution in [3.05, 3.63) is 42.1 Å². The average molecular weight is 290 g/mol. The van der Waals surface area contributed by atoms with Crippen molar-refractivity contribution in [3.8, 4) is 23.1 Å². The largest absolute Gasteiger partial charge is 0.493 e. The van der Waals surface area contributed by atoms with Crippen molar-refractivity contribution >= 4 is 17.2 Å². The molecule has 0 radical (unpaired) electrons. The predicted molar refractivity (Wildman–Crippen MR) is 79.7 cm³/mol. The summed E-state index contributed by atoms with van der Waals surface area (Å²) in [7, 11) is 3.10. The number of hydrogen-bond donors (Lipinski definition) is 1. The minimum atomic E-state index is 0.210. The lowest BCUT2D eigenvalue weighted by Crippen LogP contribution is -2.11. The van der Waals surface area contributed by atoms with Gasteiger partial charge in [0.2, 0.25) is 11.6 Å². The van der Waals surface area contributed by atoms with E-state index in [0.717, 1.165) is 0 Å². The third kappa shape index (κ3) is 2.80. The fourth-order valence-corrected chi connectivity index (χ4v) is 1.83. The second kappa shape index (κ2) is 6.21. The SMILES string of the molecule is COc1cccc(OC)c1Oc1ncccc1C(N)=S. The summed E-state index contributed by atoms with van der Waals surface area (Å²) in [5.41, 5.74) is 6.21. The first-order valence-corrected chi connectivity index (χ1v) is 6.22. The van der Waals surface area contributed by atoms with Gasteiger partial charge in [-0.2, -0.15) is 0 Å². The smallest absolute Gasteiger partial charge is 0.229 e. The Balaban J connectivity index is 2.47. The van der Waals surface area contributed by atoms with E-state index in [-0.39, 0.29) is 4.99 Å². The first-order valence-electron chi connectivity index (χ1n) is 5.81. The van der Waals surface area contributed by atoms with E-state index in [0.29, 0.717) is 28.7 Å². The molecular weight excluding hydrogens is 276 g/mol. The lowest BCUT2D eigenvalue weighted by atomic mass is 10.2. The highest BCUT2D eigenvalue weighted by Crippen LogP contribution is 2.40. The molecule has 0 bridgehead atoms. The molecule has 5 nitrogen and oxygen atoms in total. The topological polar surface area (TPSA) is 66.6 Å². The Bertz CT molecular complexity index is 609. The Morgan fingerprint density at radius 2 is 1.75 bits per heavy atom. The van der Waals surface area contributed by atoms with E-state index in [9.17, 15) is 0 Å². The second-order valence-corrected chi connectivity index (χ2v) is 4.25. The molecule has 0 spiro atoms. The van der Waals surface area contributed by atoms with Crippen molar-refractivity contribution in [2.24, 2.45) is 5.73 Å². The summed E-state index contributed by atoms with van der Waals surface area (Å²) in [4.78, 5) is 4.36. The van der Waals surface area contributed by atoms with Gasteiger partial charge in [-0.25, -0.2) is 4.98 Å². The van der Waals surface area contributed by atoms with E-state index in [1.807, 2.05) is 0 Å². The highest BCUT2D eigenvalue weighted by Gasteiger charge is 2.16. The van der Waals surface area contributed by atoms with Crippen LogP contribution in [0.1, 0.15) is 5.56 Å². The van der Waals surface area contributed by atoms with Gasteiger partial charge in [0, 0.05) is 6.20 Å². The molecule has 0 aliphatic carbocycles. The zero-order valence-electron chi connectivity index (χ0n) is 11.1. The van der Waals surface area contributed by atoms with E-state index >= 15 is 0 Å². The van der Waals surface area contributed by atoms with Crippen molar-refractivity contribution in [3.63, 3.8) is 0 Å². The highest BCUT2D eigenvalue weighted by molar-refractivity contribution is 7.80. The number of pyridine rings is 1. The number of nitrogens with two attached hydrogens (primary N) is 1. The molecule has 1 aromatic heterocycles. The maximum absolute atomic E-state index is 5.79. The average Bonchev–Trinajstić information content (AvgIpc) is 2.47. The van der Waals surface area contributed by atoms with E-state index in [1.165, 1.54) is 0 Å². The summed E-state index contributed by atoms with van der Waals surface area (Å²) < 4.78 is 16.3. The minimum absolute atomic E-state index is 0.210. The van der Waals surface area contributed by atoms with Gasteiger partial charge in [0.15, 0.2) is 11.5 Å². The lowest BCUT2D eigenvalue weighted by Gasteiger charge is -2.14. The molecule has 0 aliphatic heterocycles.